The number of nitrogens with two attached hydrogens (primary N) is 1. The average Bonchev–Trinajstić information content (AvgIpc) is 2.42. The van der Waals surface area contributed by atoms with Crippen molar-refractivity contribution >= 4 is 11.6 Å². The Morgan fingerprint density at radius 1 is 1.30 bits per heavy atom. The molecule has 1 aliphatic heterocycles. The van der Waals surface area contributed by atoms with Crippen molar-refractivity contribution in [2.24, 2.45) is 5.73 Å². The molecule has 0 atom stereocenters. The summed E-state index contributed by atoms with van der Waals surface area (Å²) < 4.78 is 5.85. The molecular weight excluding hydrogens is 252 g/mol. The van der Waals surface area contributed by atoms with Gasteiger partial charge < -0.3 is 15.4 Å². The highest BCUT2D eigenvalue weighted by atomic mass is 16.5. The SMILES string of the molecule is CCc1ccc2c(c1)N(CCCCN)C(=O)C(C)(C)O2. The third-order valence-corrected chi connectivity index (χ3v) is 3.68. The minimum atomic E-state index is -0.802. The van der Waals surface area contributed by atoms with Gasteiger partial charge in [0.25, 0.3) is 5.91 Å². The quantitative estimate of drug-likeness (QED) is 0.841. The Hall–Kier alpha value is -1.55. The summed E-state index contributed by atoms with van der Waals surface area (Å²) in [7, 11) is 0. The van der Waals surface area contributed by atoms with Crippen molar-refractivity contribution in [3.8, 4) is 5.75 Å². The molecule has 0 bridgehead atoms. The van der Waals surface area contributed by atoms with E-state index in [0.29, 0.717) is 13.1 Å². The number of hydrogen-bond acceptors (Lipinski definition) is 3. The molecule has 4 nitrogen and oxygen atoms in total. The van der Waals surface area contributed by atoms with Crippen LogP contribution in [0.3, 0.4) is 0 Å². The maximum atomic E-state index is 12.6. The fourth-order valence-corrected chi connectivity index (χ4v) is 2.47. The van der Waals surface area contributed by atoms with Crippen LogP contribution in [0.15, 0.2) is 18.2 Å². The van der Waals surface area contributed by atoms with Gasteiger partial charge in [0, 0.05) is 6.54 Å². The van der Waals surface area contributed by atoms with Gasteiger partial charge in [0.2, 0.25) is 0 Å². The molecule has 0 saturated heterocycles. The van der Waals surface area contributed by atoms with Crippen molar-refractivity contribution in [3.05, 3.63) is 23.8 Å². The number of carbonyl (C=O) groups excluding carboxylic acids is 1. The molecule has 1 amide bonds. The van der Waals surface area contributed by atoms with Crippen molar-refractivity contribution in [1.82, 2.24) is 0 Å². The minimum absolute atomic E-state index is 0.0234. The summed E-state index contributed by atoms with van der Waals surface area (Å²) in [6, 6.07) is 6.09. The lowest BCUT2D eigenvalue weighted by atomic mass is 10.0. The molecule has 0 aromatic heterocycles. The Balaban J connectivity index is 2.35. The zero-order valence-electron chi connectivity index (χ0n) is 12.6. The van der Waals surface area contributed by atoms with Crippen LogP contribution in [0.4, 0.5) is 5.69 Å². The molecule has 4 heteroatoms. The third kappa shape index (κ3) is 2.80. The fourth-order valence-electron chi connectivity index (χ4n) is 2.47. The number of benzene rings is 1. The van der Waals surface area contributed by atoms with E-state index in [2.05, 4.69) is 19.1 Å². The molecular formula is C16H24N2O2. The normalized spacial score (nSPS) is 16.8. The number of aryl methyl sites for hydroxylation is 1. The van der Waals surface area contributed by atoms with Crippen LogP contribution >= 0.6 is 0 Å². The number of carbonyl (C=O) groups is 1. The standard InChI is InChI=1S/C16H24N2O2/c1-4-12-7-8-14-13(11-12)18(10-6-5-9-17)15(19)16(2,3)20-14/h7-8,11H,4-6,9-10,17H2,1-3H3. The lowest BCUT2D eigenvalue weighted by Crippen LogP contribution is -2.52. The number of anilines is 1. The Morgan fingerprint density at radius 3 is 2.70 bits per heavy atom. The number of rotatable bonds is 5. The molecule has 1 aromatic rings. The zero-order chi connectivity index (χ0) is 14.8. The van der Waals surface area contributed by atoms with Crippen LogP contribution in [-0.4, -0.2) is 24.6 Å². The summed E-state index contributed by atoms with van der Waals surface area (Å²) >= 11 is 0. The van der Waals surface area contributed by atoms with Gasteiger partial charge in [-0.3, -0.25) is 4.79 Å². The van der Waals surface area contributed by atoms with Gasteiger partial charge in [-0.25, -0.2) is 0 Å². The molecule has 0 unspecified atom stereocenters. The van der Waals surface area contributed by atoms with E-state index in [4.69, 9.17) is 10.5 Å². The first-order chi connectivity index (χ1) is 9.49. The van der Waals surface area contributed by atoms with E-state index >= 15 is 0 Å². The van der Waals surface area contributed by atoms with Crippen molar-refractivity contribution < 1.29 is 9.53 Å². The molecule has 2 rings (SSSR count). The first kappa shape index (κ1) is 14.9. The van der Waals surface area contributed by atoms with Gasteiger partial charge in [0.05, 0.1) is 5.69 Å². The van der Waals surface area contributed by atoms with E-state index in [9.17, 15) is 4.79 Å². The Bertz CT molecular complexity index is 497. The zero-order valence-corrected chi connectivity index (χ0v) is 12.6. The minimum Gasteiger partial charge on any atom is -0.476 e. The number of ether oxygens (including phenoxy) is 1. The predicted molar refractivity (Wildman–Crippen MR) is 81.2 cm³/mol. The van der Waals surface area contributed by atoms with Crippen LogP contribution in [0.2, 0.25) is 0 Å². The molecule has 110 valence electrons. The highest BCUT2D eigenvalue weighted by molar-refractivity contribution is 6.02. The Labute approximate surface area is 120 Å². The molecule has 0 spiro atoms. The van der Waals surface area contributed by atoms with Crippen LogP contribution in [0.25, 0.3) is 0 Å². The molecule has 1 heterocycles. The second-order valence-corrected chi connectivity index (χ2v) is 5.72. The first-order valence-electron chi connectivity index (χ1n) is 7.33. The Morgan fingerprint density at radius 2 is 2.05 bits per heavy atom. The fraction of sp³-hybridized carbons (Fsp3) is 0.562. The van der Waals surface area contributed by atoms with Crippen LogP contribution < -0.4 is 15.4 Å². The summed E-state index contributed by atoms with van der Waals surface area (Å²) in [5.74, 6) is 0.815. The number of nitrogens with zero attached hydrogens (tertiary/aromatic N) is 1. The first-order valence-corrected chi connectivity index (χ1v) is 7.33. The highest BCUT2D eigenvalue weighted by Gasteiger charge is 2.40. The highest BCUT2D eigenvalue weighted by Crippen LogP contribution is 2.38. The second kappa shape index (κ2) is 5.83. The van der Waals surface area contributed by atoms with Crippen molar-refractivity contribution in [2.75, 3.05) is 18.0 Å². The summed E-state index contributed by atoms with van der Waals surface area (Å²) in [4.78, 5) is 14.4. The number of fused-ring (bicyclic) bond motifs is 1. The number of unbranched alkanes of at least 4 members (excludes halogenated alkanes) is 1. The Kier molecular flexibility index (Phi) is 4.33. The molecule has 0 radical (unpaired) electrons. The molecule has 0 aliphatic carbocycles. The van der Waals surface area contributed by atoms with Crippen molar-refractivity contribution in [2.45, 2.75) is 45.6 Å². The topological polar surface area (TPSA) is 55.6 Å². The molecule has 0 fully saturated rings. The lowest BCUT2D eigenvalue weighted by molar-refractivity contribution is -0.132. The van der Waals surface area contributed by atoms with Crippen LogP contribution in [0.1, 0.15) is 39.2 Å². The van der Waals surface area contributed by atoms with E-state index in [1.807, 2.05) is 24.8 Å². The maximum Gasteiger partial charge on any atom is 0.270 e. The molecule has 1 aromatic carbocycles. The summed E-state index contributed by atoms with van der Waals surface area (Å²) in [5, 5.41) is 0. The van der Waals surface area contributed by atoms with E-state index in [0.717, 1.165) is 30.7 Å². The van der Waals surface area contributed by atoms with Crippen molar-refractivity contribution in [1.29, 1.82) is 0 Å². The van der Waals surface area contributed by atoms with Gasteiger partial charge in [0.15, 0.2) is 5.60 Å². The summed E-state index contributed by atoms with van der Waals surface area (Å²) in [5.41, 5.74) is 6.85. The van der Waals surface area contributed by atoms with Gasteiger partial charge in [-0.1, -0.05) is 13.0 Å². The molecule has 1 aliphatic rings. The smallest absolute Gasteiger partial charge is 0.270 e. The van der Waals surface area contributed by atoms with E-state index < -0.39 is 5.60 Å². The van der Waals surface area contributed by atoms with Crippen molar-refractivity contribution in [3.63, 3.8) is 0 Å². The predicted octanol–water partition coefficient (Wildman–Crippen LogP) is 2.49. The molecule has 2 N–H and O–H groups in total. The van der Waals surface area contributed by atoms with Gasteiger partial charge in [0.1, 0.15) is 5.75 Å². The van der Waals surface area contributed by atoms with E-state index in [-0.39, 0.29) is 5.91 Å². The number of hydrogen-bond donors (Lipinski definition) is 1. The monoisotopic (exact) mass is 276 g/mol. The van der Waals surface area contributed by atoms with Gasteiger partial charge in [-0.15, -0.1) is 0 Å². The van der Waals surface area contributed by atoms with E-state index in [1.54, 1.807) is 0 Å². The van der Waals surface area contributed by atoms with Gasteiger partial charge in [-0.05, 0) is 57.4 Å². The van der Waals surface area contributed by atoms with Crippen LogP contribution in [0.5, 0.6) is 5.75 Å². The summed E-state index contributed by atoms with van der Waals surface area (Å²) in [6.45, 7) is 7.10. The van der Waals surface area contributed by atoms with E-state index in [1.165, 1.54) is 5.56 Å². The maximum absolute atomic E-state index is 12.6. The largest absolute Gasteiger partial charge is 0.476 e. The van der Waals surface area contributed by atoms with Gasteiger partial charge in [-0.2, -0.15) is 0 Å². The number of amides is 1. The summed E-state index contributed by atoms with van der Waals surface area (Å²) in [6.07, 6.45) is 2.78. The lowest BCUT2D eigenvalue weighted by Gasteiger charge is -2.39. The molecule has 0 saturated carbocycles. The van der Waals surface area contributed by atoms with Crippen LogP contribution in [0, 0.1) is 0 Å². The van der Waals surface area contributed by atoms with Crippen LogP contribution in [-0.2, 0) is 11.2 Å². The van der Waals surface area contributed by atoms with Gasteiger partial charge >= 0.3 is 0 Å². The second-order valence-electron chi connectivity index (χ2n) is 5.72. The molecule has 20 heavy (non-hydrogen) atoms. The third-order valence-electron chi connectivity index (χ3n) is 3.68. The average molecular weight is 276 g/mol.